The largest absolute Gasteiger partial charge is 0.390 e. The van der Waals surface area contributed by atoms with Gasteiger partial charge in [0.25, 0.3) is 11.8 Å². The first-order chi connectivity index (χ1) is 15.0. The van der Waals surface area contributed by atoms with E-state index in [9.17, 15) is 19.8 Å². The zero-order chi connectivity index (χ0) is 21.6. The fraction of sp³-hybridized carbons (Fsp3) is 0.375. The lowest BCUT2D eigenvalue weighted by atomic mass is 10.0. The van der Waals surface area contributed by atoms with Gasteiger partial charge in [-0.05, 0) is 47.7 Å². The number of amides is 2. The molecule has 7 nitrogen and oxygen atoms in total. The molecule has 0 aromatic heterocycles. The molecule has 7 heteroatoms. The highest BCUT2D eigenvalue weighted by atomic mass is 16.3. The normalized spacial score (nSPS) is 19.1. The van der Waals surface area contributed by atoms with E-state index in [1.165, 1.54) is 0 Å². The topological polar surface area (TPSA) is 93.4 Å². The van der Waals surface area contributed by atoms with Gasteiger partial charge >= 0.3 is 0 Å². The van der Waals surface area contributed by atoms with Gasteiger partial charge in [0.05, 0.1) is 12.3 Å². The van der Waals surface area contributed by atoms with Crippen LogP contribution in [0.1, 0.15) is 28.8 Å². The van der Waals surface area contributed by atoms with Crippen molar-refractivity contribution in [2.45, 2.75) is 24.9 Å². The average molecular weight is 419 g/mol. The van der Waals surface area contributed by atoms with Gasteiger partial charge in [-0.25, -0.2) is 0 Å². The highest BCUT2D eigenvalue weighted by Crippen LogP contribution is 2.37. The van der Waals surface area contributed by atoms with Crippen LogP contribution in [0.5, 0.6) is 0 Å². The van der Waals surface area contributed by atoms with E-state index in [1.807, 2.05) is 42.5 Å². The van der Waals surface area contributed by atoms with Crippen molar-refractivity contribution in [3.8, 4) is 11.1 Å². The molecule has 2 aromatic rings. The Hall–Kier alpha value is -3.03. The molecular formula is C24H25N3O4. The lowest BCUT2D eigenvalue weighted by Gasteiger charge is -2.35. The van der Waals surface area contributed by atoms with Gasteiger partial charge in [0.2, 0.25) is 0 Å². The van der Waals surface area contributed by atoms with Crippen molar-refractivity contribution in [3.63, 3.8) is 0 Å². The number of hydrogen-bond acceptors (Lipinski definition) is 5. The van der Waals surface area contributed by atoms with E-state index >= 15 is 0 Å². The highest BCUT2D eigenvalue weighted by molar-refractivity contribution is 5.96. The van der Waals surface area contributed by atoms with Crippen LogP contribution in [-0.2, 0) is 11.2 Å². The predicted octanol–water partition coefficient (Wildman–Crippen LogP) is 1.78. The lowest BCUT2D eigenvalue weighted by molar-refractivity contribution is -0.143. The maximum Gasteiger partial charge on any atom is 0.254 e. The minimum atomic E-state index is -1.15. The van der Waals surface area contributed by atoms with Crippen LogP contribution in [0.15, 0.2) is 47.5 Å². The number of nitrogens with zero attached hydrogens (tertiary/aromatic N) is 3. The van der Waals surface area contributed by atoms with E-state index in [-0.39, 0.29) is 18.4 Å². The van der Waals surface area contributed by atoms with E-state index < -0.39 is 5.60 Å². The van der Waals surface area contributed by atoms with Crippen molar-refractivity contribution in [2.24, 2.45) is 4.99 Å². The van der Waals surface area contributed by atoms with E-state index in [1.54, 1.807) is 9.80 Å². The van der Waals surface area contributed by atoms with Crippen molar-refractivity contribution in [2.75, 3.05) is 32.8 Å². The molecule has 2 heterocycles. The summed E-state index contributed by atoms with van der Waals surface area (Å²) in [6.45, 7) is 1.83. The molecule has 0 bridgehead atoms. The Morgan fingerprint density at radius 2 is 1.58 bits per heavy atom. The number of fused-ring (bicyclic) bond motifs is 1. The van der Waals surface area contributed by atoms with Gasteiger partial charge in [-0.1, -0.05) is 24.3 Å². The van der Waals surface area contributed by atoms with Gasteiger partial charge in [0.15, 0.2) is 0 Å². The molecule has 3 aliphatic rings. The number of aliphatic hydroxyl groups excluding tert-OH is 1. The Labute approximate surface area is 180 Å². The number of carbonyl (C=O) groups is 2. The number of aliphatic imine (C=N–C) groups is 1. The van der Waals surface area contributed by atoms with Gasteiger partial charge in [-0.3, -0.25) is 14.6 Å². The van der Waals surface area contributed by atoms with Gasteiger partial charge < -0.3 is 20.0 Å². The molecule has 1 aliphatic carbocycles. The third-order valence-corrected chi connectivity index (χ3v) is 6.38. The molecule has 0 atom stereocenters. The van der Waals surface area contributed by atoms with Crippen LogP contribution in [0.4, 0.5) is 5.69 Å². The average Bonchev–Trinajstić information content (AvgIpc) is 3.43. The van der Waals surface area contributed by atoms with Crippen LogP contribution < -0.4 is 0 Å². The Bertz CT molecular complexity index is 1060. The van der Waals surface area contributed by atoms with Gasteiger partial charge in [0.1, 0.15) is 5.60 Å². The second-order valence-corrected chi connectivity index (χ2v) is 8.55. The van der Waals surface area contributed by atoms with E-state index in [2.05, 4.69) is 4.99 Å². The SMILES string of the molecule is O=C(c1ccc(-c2ccc3c(c2)N=C(CO)C3)cc1)N1CCN(C(=O)C2(O)CC2)CC1. The number of benzene rings is 2. The first-order valence-corrected chi connectivity index (χ1v) is 10.7. The Morgan fingerprint density at radius 3 is 2.23 bits per heavy atom. The molecule has 2 aromatic carbocycles. The van der Waals surface area contributed by atoms with Gasteiger partial charge in [-0.15, -0.1) is 0 Å². The van der Waals surface area contributed by atoms with Crippen molar-refractivity contribution in [1.82, 2.24) is 9.80 Å². The van der Waals surface area contributed by atoms with Crippen LogP contribution in [0.25, 0.3) is 11.1 Å². The number of rotatable bonds is 4. The molecule has 5 rings (SSSR count). The van der Waals surface area contributed by atoms with E-state index in [0.717, 1.165) is 28.1 Å². The summed E-state index contributed by atoms with van der Waals surface area (Å²) in [4.78, 5) is 33.0. The summed E-state index contributed by atoms with van der Waals surface area (Å²) in [6.07, 6.45) is 1.77. The summed E-state index contributed by atoms with van der Waals surface area (Å²) in [5.74, 6) is -0.247. The molecule has 2 aliphatic heterocycles. The molecule has 1 saturated carbocycles. The molecule has 2 fully saturated rings. The molecule has 2 amide bonds. The fourth-order valence-corrected chi connectivity index (χ4v) is 4.24. The van der Waals surface area contributed by atoms with Crippen LogP contribution in [0.2, 0.25) is 0 Å². The number of piperazine rings is 1. The maximum atomic E-state index is 12.9. The van der Waals surface area contributed by atoms with Crippen molar-refractivity contribution in [3.05, 3.63) is 53.6 Å². The van der Waals surface area contributed by atoms with Crippen molar-refractivity contribution < 1.29 is 19.8 Å². The first-order valence-electron chi connectivity index (χ1n) is 10.7. The number of hydrogen-bond donors (Lipinski definition) is 2. The molecule has 31 heavy (non-hydrogen) atoms. The number of aliphatic hydroxyl groups is 2. The number of carbonyl (C=O) groups excluding carboxylic acids is 2. The Balaban J connectivity index is 1.24. The molecular weight excluding hydrogens is 394 g/mol. The quantitative estimate of drug-likeness (QED) is 0.790. The fourth-order valence-electron chi connectivity index (χ4n) is 4.24. The van der Waals surface area contributed by atoms with E-state index in [0.29, 0.717) is 51.0 Å². The minimum Gasteiger partial charge on any atom is -0.390 e. The minimum absolute atomic E-state index is 0.0237. The second-order valence-electron chi connectivity index (χ2n) is 8.55. The standard InChI is InChI=1S/C24H25N3O4/c28-15-20-13-19-6-5-18(14-21(19)25-20)16-1-3-17(4-2-16)22(29)26-9-11-27(12-10-26)23(30)24(31)7-8-24/h1-6,14,28,31H,7-13,15H2. The monoisotopic (exact) mass is 419 g/mol. The first kappa shape index (κ1) is 19.9. The Morgan fingerprint density at radius 1 is 0.935 bits per heavy atom. The third kappa shape index (κ3) is 3.75. The summed E-state index contributed by atoms with van der Waals surface area (Å²) >= 11 is 0. The molecule has 2 N–H and O–H groups in total. The molecule has 1 saturated heterocycles. The Kier molecular flexibility index (Phi) is 4.87. The van der Waals surface area contributed by atoms with Crippen LogP contribution in [0, 0.1) is 0 Å². The molecule has 0 unspecified atom stereocenters. The van der Waals surface area contributed by atoms with E-state index in [4.69, 9.17) is 0 Å². The predicted molar refractivity (Wildman–Crippen MR) is 116 cm³/mol. The summed E-state index contributed by atoms with van der Waals surface area (Å²) in [7, 11) is 0. The molecule has 0 radical (unpaired) electrons. The van der Waals surface area contributed by atoms with Gasteiger partial charge in [0, 0.05) is 43.9 Å². The van der Waals surface area contributed by atoms with Crippen molar-refractivity contribution >= 4 is 23.2 Å². The zero-order valence-electron chi connectivity index (χ0n) is 17.3. The van der Waals surface area contributed by atoms with Crippen LogP contribution in [0.3, 0.4) is 0 Å². The van der Waals surface area contributed by atoms with Crippen LogP contribution >= 0.6 is 0 Å². The maximum absolute atomic E-state index is 12.9. The van der Waals surface area contributed by atoms with Crippen molar-refractivity contribution in [1.29, 1.82) is 0 Å². The summed E-state index contributed by atoms with van der Waals surface area (Å²) < 4.78 is 0. The zero-order valence-corrected chi connectivity index (χ0v) is 17.3. The highest BCUT2D eigenvalue weighted by Gasteiger charge is 2.50. The summed E-state index contributed by atoms with van der Waals surface area (Å²) in [5, 5.41) is 19.3. The second kappa shape index (κ2) is 7.59. The lowest BCUT2D eigenvalue weighted by Crippen LogP contribution is -2.53. The summed E-state index contributed by atoms with van der Waals surface area (Å²) in [6, 6.07) is 13.6. The molecule has 0 spiro atoms. The summed E-state index contributed by atoms with van der Waals surface area (Å²) in [5.41, 5.74) is 4.28. The van der Waals surface area contributed by atoms with Crippen LogP contribution in [-0.4, -0.2) is 75.9 Å². The third-order valence-electron chi connectivity index (χ3n) is 6.38. The molecule has 160 valence electrons. The smallest absolute Gasteiger partial charge is 0.254 e. The van der Waals surface area contributed by atoms with Gasteiger partial charge in [-0.2, -0.15) is 0 Å².